The van der Waals surface area contributed by atoms with E-state index in [4.69, 9.17) is 9.57 Å². The molecule has 0 heterocycles. The van der Waals surface area contributed by atoms with Gasteiger partial charge >= 0.3 is 0 Å². The second-order valence-corrected chi connectivity index (χ2v) is 9.59. The monoisotopic (exact) mass is 457 g/mol. The van der Waals surface area contributed by atoms with Gasteiger partial charge in [-0.05, 0) is 61.2 Å². The van der Waals surface area contributed by atoms with Gasteiger partial charge in [-0.3, -0.25) is 4.79 Å². The molecular weight excluding hydrogens is 430 g/mol. The maximum absolute atomic E-state index is 12.8. The van der Waals surface area contributed by atoms with Crippen LogP contribution in [0.3, 0.4) is 0 Å². The fourth-order valence-electron chi connectivity index (χ4n) is 3.61. The van der Waals surface area contributed by atoms with E-state index in [1.54, 1.807) is 25.1 Å². The van der Waals surface area contributed by atoms with E-state index in [-0.39, 0.29) is 34.3 Å². The highest BCUT2D eigenvalue weighted by Crippen LogP contribution is 2.36. The van der Waals surface area contributed by atoms with E-state index in [1.807, 2.05) is 25.1 Å². The van der Waals surface area contributed by atoms with Crippen molar-refractivity contribution in [3.63, 3.8) is 0 Å². The molecule has 7 nitrogen and oxygen atoms in total. The molecule has 0 saturated carbocycles. The molecule has 0 radical (unpaired) electrons. The Morgan fingerprint density at radius 2 is 1.81 bits per heavy atom. The van der Waals surface area contributed by atoms with Crippen molar-refractivity contribution in [2.45, 2.75) is 43.9 Å². The first-order chi connectivity index (χ1) is 15.2. The zero-order valence-electron chi connectivity index (χ0n) is 18.4. The number of nitrogens with zero attached hydrogens (tertiary/aromatic N) is 1. The lowest BCUT2D eigenvalue weighted by molar-refractivity contribution is -0.116. The van der Waals surface area contributed by atoms with Gasteiger partial charge in [-0.15, -0.1) is 0 Å². The first-order valence-electron chi connectivity index (χ1n) is 10.4. The summed E-state index contributed by atoms with van der Waals surface area (Å²) in [5.41, 5.74) is 1.59. The van der Waals surface area contributed by atoms with Gasteiger partial charge in [-0.1, -0.05) is 24.2 Å². The predicted molar refractivity (Wildman–Crippen MR) is 122 cm³/mol. The summed E-state index contributed by atoms with van der Waals surface area (Å²) in [6.45, 7) is 4.05. The summed E-state index contributed by atoms with van der Waals surface area (Å²) in [6.07, 6.45) is 2.20. The van der Waals surface area contributed by atoms with Crippen molar-refractivity contribution in [2.24, 2.45) is 5.16 Å². The zero-order chi connectivity index (χ0) is 23.3. The zero-order valence-corrected chi connectivity index (χ0v) is 19.2. The summed E-state index contributed by atoms with van der Waals surface area (Å²) in [5, 5.41) is 14.6. The molecule has 32 heavy (non-hydrogen) atoms. The summed E-state index contributed by atoms with van der Waals surface area (Å²) < 4.78 is 29.1. The average Bonchev–Trinajstić information content (AvgIpc) is 2.75. The Balaban J connectivity index is 1.79. The summed E-state index contributed by atoms with van der Waals surface area (Å²) in [4.78, 5) is 18.1. The number of rotatable bonds is 8. The van der Waals surface area contributed by atoms with Gasteiger partial charge < -0.3 is 14.7 Å². The van der Waals surface area contributed by atoms with Crippen molar-refractivity contribution < 1.29 is 27.9 Å². The number of aliphatic hydroxyl groups excluding tert-OH is 1. The number of ether oxygens (including phenoxy) is 1. The molecule has 0 bridgehead atoms. The summed E-state index contributed by atoms with van der Waals surface area (Å²) in [6, 6.07) is 13.5. The van der Waals surface area contributed by atoms with Crippen LogP contribution >= 0.6 is 0 Å². The SMILES string of the molecule is CCON=C(CC)C1=C(O)CC(c2cccc(Oc3ccc(S(C)(=O)=O)cc3)c2)CC1=O. The number of carbonyl (C=O) groups excluding carboxylic acids is 1. The molecule has 1 unspecified atom stereocenters. The molecule has 1 N–H and O–H groups in total. The van der Waals surface area contributed by atoms with Crippen molar-refractivity contribution >= 4 is 21.3 Å². The van der Waals surface area contributed by atoms with E-state index in [2.05, 4.69) is 5.16 Å². The molecule has 2 aromatic carbocycles. The van der Waals surface area contributed by atoms with Gasteiger partial charge in [0.25, 0.3) is 0 Å². The van der Waals surface area contributed by atoms with Crippen LogP contribution in [0.4, 0.5) is 0 Å². The largest absolute Gasteiger partial charge is 0.511 e. The molecule has 0 spiro atoms. The number of Topliss-reactive ketones (excluding diaryl/α,β-unsaturated/α-hetero) is 1. The fraction of sp³-hybridized carbons (Fsp3) is 0.333. The molecule has 0 amide bonds. The Morgan fingerprint density at radius 3 is 2.41 bits per heavy atom. The number of ketones is 1. The first-order valence-corrected chi connectivity index (χ1v) is 12.3. The van der Waals surface area contributed by atoms with Gasteiger partial charge in [0.1, 0.15) is 23.9 Å². The van der Waals surface area contributed by atoms with Crippen molar-refractivity contribution in [1.29, 1.82) is 0 Å². The normalized spacial score (nSPS) is 17.4. The summed E-state index contributed by atoms with van der Waals surface area (Å²) in [5.74, 6) is 0.728. The smallest absolute Gasteiger partial charge is 0.175 e. The molecule has 0 aliphatic heterocycles. The quantitative estimate of drug-likeness (QED) is 0.445. The number of carbonyl (C=O) groups is 1. The second kappa shape index (κ2) is 9.99. The van der Waals surface area contributed by atoms with Gasteiger partial charge in [0.2, 0.25) is 0 Å². The molecule has 1 atom stereocenters. The van der Waals surface area contributed by atoms with Crippen molar-refractivity contribution in [1.82, 2.24) is 0 Å². The van der Waals surface area contributed by atoms with E-state index in [0.29, 0.717) is 36.7 Å². The average molecular weight is 458 g/mol. The molecule has 8 heteroatoms. The maximum atomic E-state index is 12.8. The van der Waals surface area contributed by atoms with Crippen LogP contribution in [0.15, 0.2) is 69.9 Å². The summed E-state index contributed by atoms with van der Waals surface area (Å²) in [7, 11) is -3.27. The van der Waals surface area contributed by atoms with E-state index in [1.165, 1.54) is 12.1 Å². The number of sulfone groups is 1. The molecule has 170 valence electrons. The summed E-state index contributed by atoms with van der Waals surface area (Å²) >= 11 is 0. The molecule has 2 aromatic rings. The fourth-order valence-corrected chi connectivity index (χ4v) is 4.24. The van der Waals surface area contributed by atoms with Gasteiger partial charge in [0.05, 0.1) is 16.2 Å². The van der Waals surface area contributed by atoms with Crippen molar-refractivity contribution in [3.8, 4) is 11.5 Å². The lowest BCUT2D eigenvalue weighted by atomic mass is 9.81. The first kappa shape index (κ1) is 23.5. The third-order valence-corrected chi connectivity index (χ3v) is 6.31. The topological polar surface area (TPSA) is 102 Å². The van der Waals surface area contributed by atoms with Crippen LogP contribution < -0.4 is 4.74 Å². The van der Waals surface area contributed by atoms with Crippen LogP contribution in [0, 0.1) is 0 Å². The van der Waals surface area contributed by atoms with Crippen LogP contribution in [-0.4, -0.2) is 37.9 Å². The Kier molecular flexibility index (Phi) is 7.35. The number of oxime groups is 1. The number of benzene rings is 2. The van der Waals surface area contributed by atoms with E-state index in [0.717, 1.165) is 11.8 Å². The van der Waals surface area contributed by atoms with Crippen molar-refractivity contribution in [2.75, 3.05) is 12.9 Å². The van der Waals surface area contributed by atoms with Crippen LogP contribution in [0.2, 0.25) is 0 Å². The number of hydrogen-bond donors (Lipinski definition) is 1. The highest BCUT2D eigenvalue weighted by molar-refractivity contribution is 7.90. The molecule has 0 aromatic heterocycles. The number of allylic oxidation sites excluding steroid dienone is 2. The van der Waals surface area contributed by atoms with Crippen LogP contribution in [-0.2, 0) is 19.5 Å². The van der Waals surface area contributed by atoms with E-state index >= 15 is 0 Å². The Bertz CT molecular complexity index is 1150. The van der Waals surface area contributed by atoms with Gasteiger partial charge in [0.15, 0.2) is 15.6 Å². The van der Waals surface area contributed by atoms with Crippen LogP contribution in [0.1, 0.15) is 44.6 Å². The minimum absolute atomic E-state index is 0.0224. The van der Waals surface area contributed by atoms with Gasteiger partial charge in [0, 0.05) is 19.1 Å². The molecular formula is C24H27NO6S. The van der Waals surface area contributed by atoms with Crippen LogP contribution in [0.25, 0.3) is 0 Å². The number of aliphatic hydroxyl groups is 1. The third kappa shape index (κ3) is 5.56. The van der Waals surface area contributed by atoms with E-state index < -0.39 is 9.84 Å². The van der Waals surface area contributed by atoms with Crippen LogP contribution in [0.5, 0.6) is 11.5 Å². The third-order valence-electron chi connectivity index (χ3n) is 5.18. The molecule has 1 aliphatic carbocycles. The Labute approximate surface area is 188 Å². The predicted octanol–water partition coefficient (Wildman–Crippen LogP) is 4.94. The lowest BCUT2D eigenvalue weighted by Crippen LogP contribution is -2.23. The van der Waals surface area contributed by atoms with Gasteiger partial charge in [-0.2, -0.15) is 0 Å². The Hall–Kier alpha value is -3.13. The maximum Gasteiger partial charge on any atom is 0.175 e. The molecule has 3 rings (SSSR count). The Morgan fingerprint density at radius 1 is 1.09 bits per heavy atom. The minimum Gasteiger partial charge on any atom is -0.511 e. The molecule has 0 fully saturated rings. The molecule has 1 aliphatic rings. The standard InChI is InChI=1S/C24H27NO6S/c1-4-21(25-30-5-2)24-22(26)14-17(15-23(24)27)16-7-6-8-19(13-16)31-18-9-11-20(12-10-18)32(3,28)29/h6-13,17,26H,4-5,14-15H2,1-3H3. The second-order valence-electron chi connectivity index (χ2n) is 7.58. The number of hydrogen-bond acceptors (Lipinski definition) is 7. The lowest BCUT2D eigenvalue weighted by Gasteiger charge is -2.24. The molecule has 0 saturated heterocycles. The minimum atomic E-state index is -3.27. The van der Waals surface area contributed by atoms with Gasteiger partial charge in [-0.25, -0.2) is 8.42 Å². The highest BCUT2D eigenvalue weighted by Gasteiger charge is 2.31. The highest BCUT2D eigenvalue weighted by atomic mass is 32.2. The van der Waals surface area contributed by atoms with E-state index in [9.17, 15) is 18.3 Å². The van der Waals surface area contributed by atoms with Crippen molar-refractivity contribution in [3.05, 3.63) is 65.4 Å².